The Morgan fingerprint density at radius 3 is 2.59 bits per heavy atom. The standard InChI is InChI=1S/C19H20F2N5O2P/c1-29(2,28)13-6-4-3-5-11(13)22-12-9-14(24-19(27)10-7-8-10)23-17-15(12)25-18(26-17)16(20)21/h3-6,9-10,16H,7-8H2,1-2H3,(H3,22,23,24,25,26,27). The fourth-order valence-corrected chi connectivity index (χ4v) is 4.20. The van der Waals surface area contributed by atoms with Crippen LogP contribution in [0.2, 0.25) is 0 Å². The van der Waals surface area contributed by atoms with Crippen molar-refractivity contribution in [2.24, 2.45) is 5.92 Å². The number of pyridine rings is 1. The minimum absolute atomic E-state index is 0.0356. The zero-order valence-corrected chi connectivity index (χ0v) is 16.8. The number of hydrogen-bond acceptors (Lipinski definition) is 5. The Morgan fingerprint density at radius 2 is 1.93 bits per heavy atom. The maximum atomic E-state index is 13.2. The molecule has 3 N–H and O–H groups in total. The summed E-state index contributed by atoms with van der Waals surface area (Å²) in [6, 6.07) is 8.65. The molecule has 0 radical (unpaired) electrons. The Kier molecular flexibility index (Phi) is 4.86. The molecule has 10 heteroatoms. The first kappa shape index (κ1) is 19.5. The van der Waals surface area contributed by atoms with E-state index < -0.39 is 19.4 Å². The van der Waals surface area contributed by atoms with Crippen LogP contribution < -0.4 is 15.9 Å². The van der Waals surface area contributed by atoms with Gasteiger partial charge >= 0.3 is 0 Å². The number of imidazole rings is 1. The summed E-state index contributed by atoms with van der Waals surface area (Å²) in [6.45, 7) is 3.31. The Bertz CT molecular complexity index is 1140. The number of aromatic nitrogens is 3. The summed E-state index contributed by atoms with van der Waals surface area (Å²) in [5.74, 6) is -0.477. The number of para-hydroxylation sites is 1. The van der Waals surface area contributed by atoms with Gasteiger partial charge in [-0.25, -0.2) is 18.7 Å². The number of rotatable bonds is 6. The molecule has 7 nitrogen and oxygen atoms in total. The van der Waals surface area contributed by atoms with E-state index in [1.54, 1.807) is 43.7 Å². The SMILES string of the molecule is CP(C)(=O)c1ccccc1Nc1cc(NC(=O)C2CC2)nc2nc(C(F)F)[nH]c12. The zero-order chi connectivity index (χ0) is 20.8. The molecule has 2 aromatic heterocycles. The third-order valence-electron chi connectivity index (χ3n) is 4.64. The number of H-pyrrole nitrogens is 1. The molecule has 0 unspecified atom stereocenters. The number of alkyl halides is 2. The number of halogens is 2. The molecule has 1 aliphatic carbocycles. The van der Waals surface area contributed by atoms with Crippen molar-refractivity contribution in [1.82, 2.24) is 15.0 Å². The van der Waals surface area contributed by atoms with Crippen molar-refractivity contribution in [2.45, 2.75) is 19.3 Å². The van der Waals surface area contributed by atoms with Crippen LogP contribution in [0.5, 0.6) is 0 Å². The molecular formula is C19H20F2N5O2P. The van der Waals surface area contributed by atoms with Crippen LogP contribution in [0.15, 0.2) is 30.3 Å². The molecular weight excluding hydrogens is 399 g/mol. The molecule has 152 valence electrons. The van der Waals surface area contributed by atoms with E-state index in [0.717, 1.165) is 12.8 Å². The van der Waals surface area contributed by atoms with Gasteiger partial charge in [-0.2, -0.15) is 0 Å². The van der Waals surface area contributed by atoms with Crippen molar-refractivity contribution in [3.05, 3.63) is 36.2 Å². The maximum Gasteiger partial charge on any atom is 0.295 e. The lowest BCUT2D eigenvalue weighted by Crippen LogP contribution is -2.15. The highest BCUT2D eigenvalue weighted by molar-refractivity contribution is 7.70. The summed E-state index contributed by atoms with van der Waals surface area (Å²) in [4.78, 5) is 22.8. The molecule has 0 aliphatic heterocycles. The van der Waals surface area contributed by atoms with Gasteiger partial charge in [-0.1, -0.05) is 12.1 Å². The van der Waals surface area contributed by atoms with Gasteiger partial charge in [0.05, 0.1) is 5.69 Å². The van der Waals surface area contributed by atoms with Crippen LogP contribution in [-0.2, 0) is 9.36 Å². The zero-order valence-electron chi connectivity index (χ0n) is 15.9. The molecule has 1 saturated carbocycles. The van der Waals surface area contributed by atoms with Crippen molar-refractivity contribution in [2.75, 3.05) is 24.0 Å². The molecule has 0 spiro atoms. The average molecular weight is 419 g/mol. The Balaban J connectivity index is 1.79. The van der Waals surface area contributed by atoms with Gasteiger partial charge in [-0.05, 0) is 38.3 Å². The van der Waals surface area contributed by atoms with Gasteiger partial charge < -0.3 is 20.2 Å². The molecule has 29 heavy (non-hydrogen) atoms. The minimum atomic E-state index is -2.79. The molecule has 1 amide bonds. The highest BCUT2D eigenvalue weighted by atomic mass is 31.2. The first-order valence-corrected chi connectivity index (χ1v) is 11.7. The topological polar surface area (TPSA) is 99.8 Å². The largest absolute Gasteiger partial charge is 0.353 e. The normalized spacial score (nSPS) is 14.4. The van der Waals surface area contributed by atoms with Gasteiger partial charge in [-0.15, -0.1) is 0 Å². The van der Waals surface area contributed by atoms with Gasteiger partial charge in [0.15, 0.2) is 11.5 Å². The predicted octanol–water partition coefficient (Wildman–Crippen LogP) is 4.24. The summed E-state index contributed by atoms with van der Waals surface area (Å²) in [7, 11) is -2.60. The first-order valence-electron chi connectivity index (χ1n) is 9.13. The Hall–Kier alpha value is -2.80. The second-order valence-corrected chi connectivity index (χ2v) is 10.6. The van der Waals surface area contributed by atoms with E-state index >= 15 is 0 Å². The van der Waals surface area contributed by atoms with Crippen molar-refractivity contribution in [1.29, 1.82) is 0 Å². The number of aromatic amines is 1. The van der Waals surface area contributed by atoms with Crippen LogP contribution in [0, 0.1) is 5.92 Å². The summed E-state index contributed by atoms with van der Waals surface area (Å²) in [5.41, 5.74) is 1.33. The lowest BCUT2D eigenvalue weighted by molar-refractivity contribution is -0.117. The van der Waals surface area contributed by atoms with Gasteiger partial charge in [0.25, 0.3) is 6.43 Å². The summed E-state index contributed by atoms with van der Waals surface area (Å²) >= 11 is 0. The highest BCUT2D eigenvalue weighted by Gasteiger charge is 2.30. The number of anilines is 3. The van der Waals surface area contributed by atoms with Crippen LogP contribution in [0.4, 0.5) is 26.0 Å². The number of carbonyl (C=O) groups is 1. The summed E-state index contributed by atoms with van der Waals surface area (Å²) in [5, 5.41) is 6.50. The first-order chi connectivity index (χ1) is 13.7. The number of hydrogen-bond donors (Lipinski definition) is 3. The van der Waals surface area contributed by atoms with E-state index in [9.17, 15) is 18.1 Å². The lowest BCUT2D eigenvalue weighted by atomic mass is 10.2. The number of amides is 1. The van der Waals surface area contributed by atoms with Crippen LogP contribution in [0.1, 0.15) is 25.1 Å². The molecule has 0 saturated heterocycles. The van der Waals surface area contributed by atoms with Crippen LogP contribution >= 0.6 is 7.14 Å². The third-order valence-corrected chi connectivity index (χ3v) is 6.19. The molecule has 1 fully saturated rings. The van der Waals surface area contributed by atoms with Gasteiger partial charge in [-0.3, -0.25) is 4.79 Å². The molecule has 0 atom stereocenters. The van der Waals surface area contributed by atoms with E-state index in [0.29, 0.717) is 16.7 Å². The van der Waals surface area contributed by atoms with Crippen LogP contribution in [0.3, 0.4) is 0 Å². The second-order valence-electron chi connectivity index (χ2n) is 7.43. The molecule has 2 heterocycles. The quantitative estimate of drug-likeness (QED) is 0.519. The van der Waals surface area contributed by atoms with Crippen molar-refractivity contribution < 1.29 is 18.1 Å². The van der Waals surface area contributed by atoms with E-state index in [4.69, 9.17) is 0 Å². The molecule has 0 bridgehead atoms. The van der Waals surface area contributed by atoms with Gasteiger partial charge in [0.1, 0.15) is 18.5 Å². The highest BCUT2D eigenvalue weighted by Crippen LogP contribution is 2.39. The number of carbonyl (C=O) groups excluding carboxylic acids is 1. The van der Waals surface area contributed by atoms with Crippen molar-refractivity contribution >= 4 is 46.7 Å². The summed E-state index contributed by atoms with van der Waals surface area (Å²) in [6.07, 6.45) is -1.14. The minimum Gasteiger partial charge on any atom is -0.353 e. The van der Waals surface area contributed by atoms with Gasteiger partial charge in [0.2, 0.25) is 5.91 Å². The summed E-state index contributed by atoms with van der Waals surface area (Å²) < 4.78 is 39.0. The Morgan fingerprint density at radius 1 is 1.21 bits per heavy atom. The molecule has 3 aromatic rings. The van der Waals surface area contributed by atoms with E-state index in [2.05, 4.69) is 25.6 Å². The lowest BCUT2D eigenvalue weighted by Gasteiger charge is -2.16. The average Bonchev–Trinajstić information content (AvgIpc) is 3.40. The fraction of sp³-hybridized carbons (Fsp3) is 0.316. The number of benzene rings is 1. The van der Waals surface area contributed by atoms with E-state index in [1.807, 2.05) is 0 Å². The maximum absolute atomic E-state index is 13.2. The van der Waals surface area contributed by atoms with Gasteiger partial charge in [0, 0.05) is 23.0 Å². The van der Waals surface area contributed by atoms with Crippen LogP contribution in [-0.4, -0.2) is 34.2 Å². The number of fused-ring (bicyclic) bond motifs is 1. The smallest absolute Gasteiger partial charge is 0.295 e. The number of nitrogens with one attached hydrogen (secondary N) is 3. The Labute approximate surface area is 165 Å². The molecule has 1 aromatic carbocycles. The van der Waals surface area contributed by atoms with Crippen molar-refractivity contribution in [3.63, 3.8) is 0 Å². The van der Waals surface area contributed by atoms with E-state index in [1.165, 1.54) is 0 Å². The van der Waals surface area contributed by atoms with E-state index in [-0.39, 0.29) is 28.8 Å². The van der Waals surface area contributed by atoms with Crippen LogP contribution in [0.25, 0.3) is 11.2 Å². The van der Waals surface area contributed by atoms with Crippen molar-refractivity contribution in [3.8, 4) is 0 Å². The monoisotopic (exact) mass is 419 g/mol. The third kappa shape index (κ3) is 4.15. The number of nitrogens with zero attached hydrogens (tertiary/aromatic N) is 2. The predicted molar refractivity (Wildman–Crippen MR) is 109 cm³/mol. The fourth-order valence-electron chi connectivity index (χ4n) is 3.04. The molecule has 1 aliphatic rings. The molecule has 4 rings (SSSR count). The second kappa shape index (κ2) is 7.22.